The summed E-state index contributed by atoms with van der Waals surface area (Å²) in [4.78, 5) is 19.4. The first-order valence-corrected chi connectivity index (χ1v) is 8.55. The van der Waals surface area contributed by atoms with E-state index in [0.717, 1.165) is 27.6 Å². The number of nitrogens with zero attached hydrogens (tertiary/aromatic N) is 3. The fraction of sp³-hybridized carbons (Fsp3) is 0.267. The van der Waals surface area contributed by atoms with E-state index >= 15 is 0 Å². The van der Waals surface area contributed by atoms with Crippen LogP contribution in [0.25, 0.3) is 0 Å². The van der Waals surface area contributed by atoms with Crippen molar-refractivity contribution in [3.05, 3.63) is 45.4 Å². The van der Waals surface area contributed by atoms with Crippen LogP contribution < -0.4 is 10.3 Å². The number of amides is 1. The molecule has 1 heterocycles. The Morgan fingerprint density at radius 1 is 1.41 bits per heavy atom. The van der Waals surface area contributed by atoms with Crippen molar-refractivity contribution >= 4 is 44.5 Å². The van der Waals surface area contributed by atoms with Crippen LogP contribution in [0.2, 0.25) is 0 Å². The molecule has 1 aromatic carbocycles. The number of halogens is 1. The zero-order chi connectivity index (χ0) is 15.9. The molecule has 0 bridgehead atoms. The number of hydrazone groups is 1. The number of nitrogens with one attached hydrogen (secondary N) is 1. The Balaban J connectivity index is 1.98. The number of aromatic nitrogens is 1. The molecule has 0 atom stereocenters. The number of rotatable bonds is 6. The van der Waals surface area contributed by atoms with Crippen molar-refractivity contribution in [2.24, 2.45) is 5.10 Å². The molecule has 0 saturated carbocycles. The number of thiazole rings is 1. The lowest BCUT2D eigenvalue weighted by atomic mass is 10.2. The first kappa shape index (κ1) is 16.6. The van der Waals surface area contributed by atoms with Gasteiger partial charge in [-0.2, -0.15) is 5.10 Å². The summed E-state index contributed by atoms with van der Waals surface area (Å²) in [7, 11) is 0. The quantitative estimate of drug-likeness (QED) is 0.615. The summed E-state index contributed by atoms with van der Waals surface area (Å²) in [6, 6.07) is 7.22. The molecule has 22 heavy (non-hydrogen) atoms. The van der Waals surface area contributed by atoms with Crippen LogP contribution in [0.4, 0.5) is 5.13 Å². The average molecular weight is 381 g/mol. The molecule has 0 fully saturated rings. The second kappa shape index (κ2) is 8.05. The molecule has 0 radical (unpaired) electrons. The van der Waals surface area contributed by atoms with Gasteiger partial charge in [0.25, 0.3) is 5.91 Å². The molecule has 116 valence electrons. The molecule has 1 amide bonds. The lowest BCUT2D eigenvalue weighted by molar-refractivity contribution is 0.0954. The zero-order valence-electron chi connectivity index (χ0n) is 12.4. The summed E-state index contributed by atoms with van der Waals surface area (Å²) in [5, 5.41) is 4.95. The summed E-state index contributed by atoms with van der Waals surface area (Å²) >= 11 is 4.89. The lowest BCUT2D eigenvalue weighted by Gasteiger charge is -2.16. The number of hydrogen-bond donors (Lipinski definition) is 1. The van der Waals surface area contributed by atoms with Crippen LogP contribution in [0.1, 0.15) is 29.1 Å². The molecule has 0 saturated heterocycles. The number of hydrogen-bond acceptors (Lipinski definition) is 5. The molecular formula is C15H17BrN4OS. The normalized spacial score (nSPS) is 10.9. The van der Waals surface area contributed by atoms with Crippen molar-refractivity contribution in [2.75, 3.05) is 18.0 Å². The SMILES string of the molecule is CCN(CC)c1ncc(/C=N\NC(=O)c2ccccc2Br)s1. The number of benzene rings is 1. The van der Waals surface area contributed by atoms with Crippen molar-refractivity contribution < 1.29 is 4.79 Å². The van der Waals surface area contributed by atoms with E-state index in [-0.39, 0.29) is 5.91 Å². The van der Waals surface area contributed by atoms with Gasteiger partial charge in [0.2, 0.25) is 0 Å². The highest BCUT2D eigenvalue weighted by atomic mass is 79.9. The molecule has 0 spiro atoms. The van der Waals surface area contributed by atoms with Gasteiger partial charge in [0.05, 0.1) is 16.7 Å². The first-order chi connectivity index (χ1) is 10.7. The number of carbonyl (C=O) groups is 1. The molecule has 0 aliphatic rings. The van der Waals surface area contributed by atoms with Gasteiger partial charge in [-0.05, 0) is 41.9 Å². The highest BCUT2D eigenvalue weighted by Gasteiger charge is 2.08. The molecule has 0 aliphatic heterocycles. The van der Waals surface area contributed by atoms with Gasteiger partial charge in [0, 0.05) is 23.8 Å². The van der Waals surface area contributed by atoms with Crippen LogP contribution in [0.15, 0.2) is 40.0 Å². The van der Waals surface area contributed by atoms with Crippen molar-refractivity contribution in [3.8, 4) is 0 Å². The van der Waals surface area contributed by atoms with Gasteiger partial charge in [-0.25, -0.2) is 10.4 Å². The second-order valence-corrected chi connectivity index (χ2v) is 6.29. The molecule has 1 N–H and O–H groups in total. The number of anilines is 1. The minimum Gasteiger partial charge on any atom is -0.349 e. The topological polar surface area (TPSA) is 57.6 Å². The summed E-state index contributed by atoms with van der Waals surface area (Å²) in [5.41, 5.74) is 3.07. The highest BCUT2D eigenvalue weighted by Crippen LogP contribution is 2.20. The number of carbonyl (C=O) groups excluding carboxylic acids is 1. The maximum atomic E-state index is 12.0. The smallest absolute Gasteiger partial charge is 0.272 e. The summed E-state index contributed by atoms with van der Waals surface area (Å²) in [5.74, 6) is -0.253. The van der Waals surface area contributed by atoms with E-state index in [1.165, 1.54) is 0 Å². The van der Waals surface area contributed by atoms with Crippen molar-refractivity contribution in [3.63, 3.8) is 0 Å². The van der Waals surface area contributed by atoms with Gasteiger partial charge in [-0.1, -0.05) is 23.5 Å². The Labute approximate surface area is 142 Å². The zero-order valence-corrected chi connectivity index (χ0v) is 14.8. The maximum Gasteiger partial charge on any atom is 0.272 e. The van der Waals surface area contributed by atoms with Gasteiger partial charge in [0.1, 0.15) is 0 Å². The van der Waals surface area contributed by atoms with Crippen LogP contribution in [-0.2, 0) is 0 Å². The fourth-order valence-electron chi connectivity index (χ4n) is 1.84. The van der Waals surface area contributed by atoms with E-state index in [9.17, 15) is 4.79 Å². The highest BCUT2D eigenvalue weighted by molar-refractivity contribution is 9.10. The Morgan fingerprint density at radius 2 is 2.14 bits per heavy atom. The Morgan fingerprint density at radius 3 is 2.82 bits per heavy atom. The molecule has 0 unspecified atom stereocenters. The first-order valence-electron chi connectivity index (χ1n) is 6.94. The average Bonchev–Trinajstić information content (AvgIpc) is 2.97. The van der Waals surface area contributed by atoms with Gasteiger partial charge in [-0.3, -0.25) is 4.79 Å². The Bertz CT molecular complexity index is 667. The third-order valence-electron chi connectivity index (χ3n) is 3.02. The molecule has 5 nitrogen and oxygen atoms in total. The molecule has 2 rings (SSSR count). The van der Waals surface area contributed by atoms with E-state index in [1.807, 2.05) is 18.2 Å². The van der Waals surface area contributed by atoms with E-state index in [0.29, 0.717) is 5.56 Å². The maximum absolute atomic E-state index is 12.0. The van der Waals surface area contributed by atoms with Crippen LogP contribution in [0.3, 0.4) is 0 Å². The lowest BCUT2D eigenvalue weighted by Crippen LogP contribution is -2.21. The fourth-order valence-corrected chi connectivity index (χ4v) is 3.22. The van der Waals surface area contributed by atoms with Crippen LogP contribution in [-0.4, -0.2) is 30.2 Å². The van der Waals surface area contributed by atoms with Crippen molar-refractivity contribution in [2.45, 2.75) is 13.8 Å². The van der Waals surface area contributed by atoms with E-state index in [2.05, 4.69) is 50.2 Å². The molecular weight excluding hydrogens is 364 g/mol. The molecule has 0 aliphatic carbocycles. The van der Waals surface area contributed by atoms with E-state index in [4.69, 9.17) is 0 Å². The predicted octanol–water partition coefficient (Wildman–Crippen LogP) is 3.52. The summed E-state index contributed by atoms with van der Waals surface area (Å²) < 4.78 is 0.740. The third kappa shape index (κ3) is 4.14. The Hall–Kier alpha value is -1.73. The third-order valence-corrected chi connectivity index (χ3v) is 4.71. The van der Waals surface area contributed by atoms with Crippen molar-refractivity contribution in [1.29, 1.82) is 0 Å². The van der Waals surface area contributed by atoms with E-state index < -0.39 is 0 Å². The Kier molecular flexibility index (Phi) is 6.09. The molecule has 1 aromatic heterocycles. The monoisotopic (exact) mass is 380 g/mol. The van der Waals surface area contributed by atoms with Crippen LogP contribution in [0.5, 0.6) is 0 Å². The van der Waals surface area contributed by atoms with Crippen molar-refractivity contribution in [1.82, 2.24) is 10.4 Å². The van der Waals surface area contributed by atoms with Gasteiger partial charge in [-0.15, -0.1) is 0 Å². The minimum atomic E-state index is -0.253. The van der Waals surface area contributed by atoms with Crippen LogP contribution >= 0.6 is 27.3 Å². The van der Waals surface area contributed by atoms with Gasteiger partial charge >= 0.3 is 0 Å². The van der Waals surface area contributed by atoms with Gasteiger partial charge in [0.15, 0.2) is 5.13 Å². The van der Waals surface area contributed by atoms with Crippen LogP contribution in [0, 0.1) is 0 Å². The van der Waals surface area contributed by atoms with E-state index in [1.54, 1.807) is 29.8 Å². The van der Waals surface area contributed by atoms with Gasteiger partial charge < -0.3 is 4.90 Å². The predicted molar refractivity (Wildman–Crippen MR) is 94.9 cm³/mol. The minimum absolute atomic E-state index is 0.253. The largest absolute Gasteiger partial charge is 0.349 e. The standard InChI is InChI=1S/C15H17BrN4OS/c1-3-20(4-2)15-17-9-11(22-15)10-18-19-14(21)12-7-5-6-8-13(12)16/h5-10H,3-4H2,1-2H3,(H,19,21)/b18-10-. The summed E-state index contributed by atoms with van der Waals surface area (Å²) in [6.07, 6.45) is 3.37. The second-order valence-electron chi connectivity index (χ2n) is 4.40. The molecule has 7 heteroatoms. The molecule has 2 aromatic rings. The summed E-state index contributed by atoms with van der Waals surface area (Å²) in [6.45, 7) is 6.02.